The van der Waals surface area contributed by atoms with E-state index >= 15 is 0 Å². The lowest BCUT2D eigenvalue weighted by molar-refractivity contribution is -0.137. The van der Waals surface area contributed by atoms with Crippen LogP contribution in [0.25, 0.3) is 0 Å². The first-order chi connectivity index (χ1) is 11.6. The first-order valence-electron chi connectivity index (χ1n) is 9.34. The van der Waals surface area contributed by atoms with E-state index < -0.39 is 5.97 Å². The van der Waals surface area contributed by atoms with Gasteiger partial charge in [0.2, 0.25) is 0 Å². The van der Waals surface area contributed by atoms with Gasteiger partial charge in [0.1, 0.15) is 0 Å². The molecule has 0 aromatic rings. The fourth-order valence-electron chi connectivity index (χ4n) is 5.24. The predicted octanol–water partition coefficient (Wildman–Crippen LogP) is 4.75. The number of rotatable bonds is 5. The van der Waals surface area contributed by atoms with E-state index in [4.69, 9.17) is 4.74 Å². The van der Waals surface area contributed by atoms with Crippen molar-refractivity contribution >= 4 is 11.9 Å². The average molecular weight is 348 g/mol. The fraction of sp³-hybridized carbons (Fsp3) is 0.714. The van der Waals surface area contributed by atoms with Crippen LogP contribution in [0.2, 0.25) is 0 Å². The largest absolute Gasteiger partial charge is 0.478 e. The summed E-state index contributed by atoms with van der Waals surface area (Å²) in [6, 6.07) is 0. The van der Waals surface area contributed by atoms with Gasteiger partial charge in [-0.25, -0.2) is 9.59 Å². The minimum absolute atomic E-state index is 0.0766. The van der Waals surface area contributed by atoms with Gasteiger partial charge in [0, 0.05) is 17.1 Å². The van der Waals surface area contributed by atoms with E-state index in [-0.39, 0.29) is 16.8 Å². The number of aliphatic carboxylic acids is 1. The summed E-state index contributed by atoms with van der Waals surface area (Å²) in [5.41, 5.74) is 1.47. The number of esters is 1. The number of carbonyl (C=O) groups excluding carboxylic acids is 1. The van der Waals surface area contributed by atoms with Gasteiger partial charge < -0.3 is 9.84 Å². The van der Waals surface area contributed by atoms with Gasteiger partial charge >= 0.3 is 11.9 Å². The van der Waals surface area contributed by atoms with Crippen LogP contribution >= 0.6 is 0 Å². The molecule has 0 aliphatic heterocycles. The third kappa shape index (κ3) is 3.68. The standard InChI is InChI=1S/C21H32O4/c1-14(13-18(22)25-5)9-11-20(3)15(2)10-12-21(4)16(19(23)24)7-6-8-17(20)21/h7,13,15,17H,6,8-12H2,1-5H3,(H,23,24)/b14-13+/t15-,17-,20+,21+/m0/s1. The Hall–Kier alpha value is -1.58. The summed E-state index contributed by atoms with van der Waals surface area (Å²) in [4.78, 5) is 23.2. The monoisotopic (exact) mass is 348 g/mol. The van der Waals surface area contributed by atoms with E-state index in [1.165, 1.54) is 7.11 Å². The van der Waals surface area contributed by atoms with Crippen LogP contribution in [0.1, 0.15) is 66.2 Å². The molecule has 2 aliphatic rings. The molecule has 0 spiro atoms. The Morgan fingerprint density at radius 2 is 2.04 bits per heavy atom. The Morgan fingerprint density at radius 1 is 1.36 bits per heavy atom. The van der Waals surface area contributed by atoms with Gasteiger partial charge in [0.05, 0.1) is 7.11 Å². The first kappa shape index (κ1) is 19.7. The zero-order valence-electron chi connectivity index (χ0n) is 16.2. The van der Waals surface area contributed by atoms with Gasteiger partial charge in [-0.15, -0.1) is 0 Å². The Balaban J connectivity index is 2.26. The fourth-order valence-corrected chi connectivity index (χ4v) is 5.24. The summed E-state index contributed by atoms with van der Waals surface area (Å²) in [6.45, 7) is 8.75. The molecule has 4 heteroatoms. The van der Waals surface area contributed by atoms with E-state index in [0.717, 1.165) is 44.1 Å². The summed E-state index contributed by atoms with van der Waals surface area (Å²) >= 11 is 0. The van der Waals surface area contributed by atoms with Crippen molar-refractivity contribution in [2.75, 3.05) is 7.11 Å². The maximum absolute atomic E-state index is 11.8. The Labute approximate surface area is 151 Å². The van der Waals surface area contributed by atoms with Crippen molar-refractivity contribution in [2.45, 2.75) is 66.2 Å². The number of carbonyl (C=O) groups is 2. The number of hydrogen-bond donors (Lipinski definition) is 1. The lowest BCUT2D eigenvalue weighted by atomic mass is 9.46. The quantitative estimate of drug-likeness (QED) is 0.575. The van der Waals surface area contributed by atoms with Gasteiger partial charge in [-0.2, -0.15) is 0 Å². The molecule has 1 saturated carbocycles. The summed E-state index contributed by atoms with van der Waals surface area (Å²) < 4.78 is 4.71. The molecule has 0 heterocycles. The van der Waals surface area contributed by atoms with Crippen LogP contribution in [0.5, 0.6) is 0 Å². The number of carboxylic acid groups (broad SMARTS) is 1. The van der Waals surface area contributed by atoms with Gasteiger partial charge in [-0.3, -0.25) is 0 Å². The first-order valence-corrected chi connectivity index (χ1v) is 9.34. The van der Waals surface area contributed by atoms with Crippen molar-refractivity contribution in [1.82, 2.24) is 0 Å². The molecule has 2 rings (SSSR count). The Bertz CT molecular complexity index is 603. The molecule has 1 N–H and O–H groups in total. The predicted molar refractivity (Wildman–Crippen MR) is 98.1 cm³/mol. The minimum Gasteiger partial charge on any atom is -0.478 e. The molecule has 1 fully saturated rings. The molecular formula is C21H32O4. The van der Waals surface area contributed by atoms with E-state index in [9.17, 15) is 14.7 Å². The Morgan fingerprint density at radius 3 is 2.64 bits per heavy atom. The van der Waals surface area contributed by atoms with Crippen LogP contribution in [0.15, 0.2) is 23.3 Å². The zero-order chi connectivity index (χ0) is 18.8. The molecule has 4 atom stereocenters. The highest BCUT2D eigenvalue weighted by Gasteiger charge is 2.55. The van der Waals surface area contributed by atoms with Crippen molar-refractivity contribution in [1.29, 1.82) is 0 Å². The van der Waals surface area contributed by atoms with Crippen LogP contribution in [0.4, 0.5) is 0 Å². The molecular weight excluding hydrogens is 316 g/mol. The van der Waals surface area contributed by atoms with Crippen molar-refractivity contribution in [3.05, 3.63) is 23.3 Å². The lowest BCUT2D eigenvalue weighted by Gasteiger charge is -2.57. The second-order valence-electron chi connectivity index (χ2n) is 8.43. The number of hydrogen-bond acceptors (Lipinski definition) is 3. The molecule has 4 nitrogen and oxygen atoms in total. The lowest BCUT2D eigenvalue weighted by Crippen LogP contribution is -2.51. The number of fused-ring (bicyclic) bond motifs is 1. The molecule has 0 aromatic carbocycles. The van der Waals surface area contributed by atoms with Gasteiger partial charge in [-0.05, 0) is 62.7 Å². The van der Waals surface area contributed by atoms with E-state index in [0.29, 0.717) is 17.4 Å². The summed E-state index contributed by atoms with van der Waals surface area (Å²) in [7, 11) is 1.39. The number of carboxylic acids is 1. The van der Waals surface area contributed by atoms with Crippen LogP contribution in [-0.2, 0) is 14.3 Å². The number of allylic oxidation sites excluding steroid dienone is 2. The van der Waals surface area contributed by atoms with Crippen LogP contribution < -0.4 is 0 Å². The molecule has 0 bridgehead atoms. The highest BCUT2D eigenvalue weighted by atomic mass is 16.5. The Kier molecular flexibility index (Phi) is 5.80. The SMILES string of the molecule is COC(=O)/C=C(\C)CC[C@]1(C)[C@@H](C)CC[C@]2(C)C(C(=O)O)=CCC[C@@H]12. The van der Waals surface area contributed by atoms with Crippen LogP contribution in [0, 0.1) is 22.7 Å². The minimum atomic E-state index is -0.758. The molecule has 0 amide bonds. The molecule has 0 unspecified atom stereocenters. The van der Waals surface area contributed by atoms with Crippen LogP contribution in [0.3, 0.4) is 0 Å². The van der Waals surface area contributed by atoms with Gasteiger partial charge in [0.25, 0.3) is 0 Å². The maximum Gasteiger partial charge on any atom is 0.331 e. The highest BCUT2D eigenvalue weighted by Crippen LogP contribution is 2.62. The smallest absolute Gasteiger partial charge is 0.331 e. The van der Waals surface area contributed by atoms with Crippen molar-refractivity contribution in [3.8, 4) is 0 Å². The molecule has 140 valence electrons. The average Bonchev–Trinajstić information content (AvgIpc) is 2.56. The zero-order valence-corrected chi connectivity index (χ0v) is 16.2. The summed E-state index contributed by atoms with van der Waals surface area (Å²) in [6.07, 6.45) is 9.22. The van der Waals surface area contributed by atoms with Crippen LogP contribution in [-0.4, -0.2) is 24.2 Å². The second kappa shape index (κ2) is 7.35. The third-order valence-corrected chi connectivity index (χ3v) is 7.06. The van der Waals surface area contributed by atoms with E-state index in [2.05, 4.69) is 20.8 Å². The molecule has 0 aromatic heterocycles. The van der Waals surface area contributed by atoms with E-state index in [1.54, 1.807) is 6.08 Å². The molecule has 0 saturated heterocycles. The highest BCUT2D eigenvalue weighted by molar-refractivity contribution is 5.88. The van der Waals surface area contributed by atoms with Crippen molar-refractivity contribution in [3.63, 3.8) is 0 Å². The summed E-state index contributed by atoms with van der Waals surface area (Å²) in [5, 5.41) is 9.69. The maximum atomic E-state index is 11.8. The topological polar surface area (TPSA) is 63.6 Å². The molecule has 0 radical (unpaired) electrons. The molecule has 25 heavy (non-hydrogen) atoms. The van der Waals surface area contributed by atoms with Gasteiger partial charge in [-0.1, -0.05) is 32.4 Å². The number of ether oxygens (including phenoxy) is 1. The van der Waals surface area contributed by atoms with Gasteiger partial charge in [0.15, 0.2) is 0 Å². The van der Waals surface area contributed by atoms with E-state index in [1.807, 2.05) is 13.0 Å². The second-order valence-corrected chi connectivity index (χ2v) is 8.43. The third-order valence-electron chi connectivity index (χ3n) is 7.06. The van der Waals surface area contributed by atoms with Crippen molar-refractivity contribution in [2.24, 2.45) is 22.7 Å². The number of methoxy groups -OCH3 is 1. The normalized spacial score (nSPS) is 35.6. The summed E-state index contributed by atoms with van der Waals surface area (Å²) in [5.74, 6) is -0.153. The van der Waals surface area contributed by atoms with Crippen molar-refractivity contribution < 1.29 is 19.4 Å². The molecule has 2 aliphatic carbocycles.